The van der Waals surface area contributed by atoms with Crippen LogP contribution >= 0.6 is 0 Å². The highest BCUT2D eigenvalue weighted by Crippen LogP contribution is 2.21. The molecular formula is C12H14F5NO. The molecular weight excluding hydrogens is 269 g/mol. The predicted molar refractivity (Wildman–Crippen MR) is 59.6 cm³/mol. The Hall–Kier alpha value is -1.21. The molecule has 108 valence electrons. The average molecular weight is 283 g/mol. The van der Waals surface area contributed by atoms with Gasteiger partial charge in [0, 0.05) is 5.56 Å². The maximum atomic E-state index is 13.5. The van der Waals surface area contributed by atoms with Gasteiger partial charge in [-0.15, -0.1) is 0 Å². The minimum atomic E-state index is -4.29. The maximum Gasteiger partial charge on any atom is 0.391 e. The monoisotopic (exact) mass is 283 g/mol. The van der Waals surface area contributed by atoms with Gasteiger partial charge < -0.3 is 10.1 Å². The van der Waals surface area contributed by atoms with Gasteiger partial charge in [-0.25, -0.2) is 8.78 Å². The Kier molecular flexibility index (Phi) is 5.68. The molecule has 0 amide bonds. The van der Waals surface area contributed by atoms with Crippen LogP contribution in [0.15, 0.2) is 18.2 Å². The van der Waals surface area contributed by atoms with Crippen molar-refractivity contribution in [2.75, 3.05) is 20.3 Å². The van der Waals surface area contributed by atoms with E-state index in [-0.39, 0.29) is 12.2 Å². The van der Waals surface area contributed by atoms with Gasteiger partial charge in [0.25, 0.3) is 0 Å². The average Bonchev–Trinajstić information content (AvgIpc) is 2.32. The first-order valence-corrected chi connectivity index (χ1v) is 5.61. The standard InChI is InChI=1S/C12H14F5NO/c1-18-10(7-19-6-5-12(15,16)17)8-3-2-4-9(13)11(8)14/h2-4,10,18H,5-7H2,1H3. The van der Waals surface area contributed by atoms with Crippen LogP contribution in [0.3, 0.4) is 0 Å². The van der Waals surface area contributed by atoms with E-state index in [1.807, 2.05) is 0 Å². The third kappa shape index (κ3) is 5.12. The summed E-state index contributed by atoms with van der Waals surface area (Å²) in [4.78, 5) is 0. The van der Waals surface area contributed by atoms with Crippen molar-refractivity contribution < 1.29 is 26.7 Å². The molecule has 1 atom stereocenters. The van der Waals surface area contributed by atoms with Crippen molar-refractivity contribution in [1.29, 1.82) is 0 Å². The number of benzene rings is 1. The number of ether oxygens (including phenoxy) is 1. The van der Waals surface area contributed by atoms with Gasteiger partial charge in [-0.05, 0) is 13.1 Å². The lowest BCUT2D eigenvalue weighted by atomic mass is 10.1. The third-order valence-electron chi connectivity index (χ3n) is 2.52. The number of hydrogen-bond acceptors (Lipinski definition) is 2. The van der Waals surface area contributed by atoms with Crippen molar-refractivity contribution in [3.05, 3.63) is 35.4 Å². The molecule has 1 rings (SSSR count). The zero-order valence-electron chi connectivity index (χ0n) is 10.2. The number of likely N-dealkylation sites (N-methyl/N-ethyl adjacent to an activating group) is 1. The van der Waals surface area contributed by atoms with Crippen LogP contribution in [-0.2, 0) is 4.74 Å². The summed E-state index contributed by atoms with van der Waals surface area (Å²) >= 11 is 0. The SMILES string of the molecule is CNC(COCCC(F)(F)F)c1cccc(F)c1F. The molecule has 0 fully saturated rings. The second kappa shape index (κ2) is 6.81. The van der Waals surface area contributed by atoms with Crippen LogP contribution in [0.4, 0.5) is 22.0 Å². The molecule has 1 aromatic carbocycles. The quantitative estimate of drug-likeness (QED) is 0.639. The number of rotatable bonds is 6. The van der Waals surface area contributed by atoms with E-state index in [0.29, 0.717) is 0 Å². The number of hydrogen-bond donors (Lipinski definition) is 1. The van der Waals surface area contributed by atoms with Gasteiger partial charge >= 0.3 is 6.18 Å². The third-order valence-corrected chi connectivity index (χ3v) is 2.52. The number of nitrogens with one attached hydrogen (secondary N) is 1. The highest BCUT2D eigenvalue weighted by molar-refractivity contribution is 5.22. The summed E-state index contributed by atoms with van der Waals surface area (Å²) in [5.74, 6) is -2.03. The van der Waals surface area contributed by atoms with Crippen LogP contribution in [0.1, 0.15) is 18.0 Å². The largest absolute Gasteiger partial charge is 0.391 e. The van der Waals surface area contributed by atoms with Crippen LogP contribution in [-0.4, -0.2) is 26.4 Å². The van der Waals surface area contributed by atoms with Gasteiger partial charge in [0.1, 0.15) is 0 Å². The van der Waals surface area contributed by atoms with Crippen molar-refractivity contribution in [2.45, 2.75) is 18.6 Å². The zero-order valence-corrected chi connectivity index (χ0v) is 10.2. The van der Waals surface area contributed by atoms with Crippen molar-refractivity contribution in [3.63, 3.8) is 0 Å². The van der Waals surface area contributed by atoms with E-state index in [1.165, 1.54) is 19.2 Å². The smallest absolute Gasteiger partial charge is 0.379 e. The van der Waals surface area contributed by atoms with Gasteiger partial charge in [0.05, 0.1) is 25.7 Å². The van der Waals surface area contributed by atoms with Gasteiger partial charge in [-0.1, -0.05) is 12.1 Å². The lowest BCUT2D eigenvalue weighted by Gasteiger charge is -2.18. The summed E-state index contributed by atoms with van der Waals surface area (Å²) in [6.07, 6.45) is -5.37. The molecule has 0 saturated carbocycles. The van der Waals surface area contributed by atoms with Crippen LogP contribution in [0, 0.1) is 11.6 Å². The molecule has 0 spiro atoms. The first-order chi connectivity index (χ1) is 8.85. The molecule has 1 aromatic rings. The van der Waals surface area contributed by atoms with Gasteiger partial charge in [-0.3, -0.25) is 0 Å². The Morgan fingerprint density at radius 3 is 2.53 bits per heavy atom. The summed E-state index contributed by atoms with van der Waals surface area (Å²) in [5, 5.41) is 2.67. The van der Waals surface area contributed by atoms with E-state index in [4.69, 9.17) is 4.74 Å². The molecule has 7 heteroatoms. The summed E-state index contributed by atoms with van der Waals surface area (Å²) in [6, 6.07) is 2.94. The van der Waals surface area contributed by atoms with Crippen LogP contribution in [0.5, 0.6) is 0 Å². The van der Waals surface area contributed by atoms with Crippen molar-refractivity contribution in [2.24, 2.45) is 0 Å². The Morgan fingerprint density at radius 2 is 1.95 bits per heavy atom. The van der Waals surface area contributed by atoms with Gasteiger partial charge in [-0.2, -0.15) is 13.2 Å². The first-order valence-electron chi connectivity index (χ1n) is 5.61. The van der Waals surface area contributed by atoms with E-state index >= 15 is 0 Å². The summed E-state index contributed by atoms with van der Waals surface area (Å²) in [5.41, 5.74) is 0.0227. The minimum Gasteiger partial charge on any atom is -0.379 e. The molecule has 0 aliphatic rings. The Bertz CT molecular complexity index is 408. The molecule has 0 heterocycles. The maximum absolute atomic E-state index is 13.5. The fraction of sp³-hybridized carbons (Fsp3) is 0.500. The summed E-state index contributed by atoms with van der Waals surface area (Å²) in [6.45, 7) is -0.689. The lowest BCUT2D eigenvalue weighted by molar-refractivity contribution is -0.145. The molecule has 0 radical (unpaired) electrons. The first kappa shape index (κ1) is 15.8. The Balaban J connectivity index is 2.56. The van der Waals surface area contributed by atoms with Gasteiger partial charge in [0.15, 0.2) is 11.6 Å². The van der Waals surface area contributed by atoms with E-state index in [0.717, 1.165) is 6.07 Å². The van der Waals surface area contributed by atoms with E-state index in [1.54, 1.807) is 0 Å². The Morgan fingerprint density at radius 1 is 1.26 bits per heavy atom. The van der Waals surface area contributed by atoms with E-state index < -0.39 is 36.9 Å². The summed E-state index contributed by atoms with van der Waals surface area (Å²) in [7, 11) is 1.49. The van der Waals surface area contributed by atoms with Gasteiger partial charge in [0.2, 0.25) is 0 Å². The topological polar surface area (TPSA) is 21.3 Å². The second-order valence-electron chi connectivity index (χ2n) is 3.92. The second-order valence-corrected chi connectivity index (χ2v) is 3.92. The normalized spacial score (nSPS) is 13.6. The molecule has 2 nitrogen and oxygen atoms in total. The zero-order chi connectivity index (χ0) is 14.5. The van der Waals surface area contributed by atoms with Crippen molar-refractivity contribution >= 4 is 0 Å². The lowest BCUT2D eigenvalue weighted by Crippen LogP contribution is -2.24. The van der Waals surface area contributed by atoms with Crippen LogP contribution in [0.2, 0.25) is 0 Å². The highest BCUT2D eigenvalue weighted by atomic mass is 19.4. The molecule has 0 aromatic heterocycles. The molecule has 0 saturated heterocycles. The van der Waals surface area contributed by atoms with Crippen molar-refractivity contribution in [1.82, 2.24) is 5.32 Å². The predicted octanol–water partition coefficient (Wildman–Crippen LogP) is 3.19. The number of halogens is 5. The fourth-order valence-corrected chi connectivity index (χ4v) is 1.51. The van der Waals surface area contributed by atoms with Crippen LogP contribution < -0.4 is 5.32 Å². The molecule has 1 N–H and O–H groups in total. The molecule has 19 heavy (non-hydrogen) atoms. The molecule has 0 aliphatic carbocycles. The van der Waals surface area contributed by atoms with E-state index in [9.17, 15) is 22.0 Å². The molecule has 0 aliphatic heterocycles. The van der Waals surface area contributed by atoms with E-state index in [2.05, 4.69) is 5.32 Å². The highest BCUT2D eigenvalue weighted by Gasteiger charge is 2.26. The molecule has 0 bridgehead atoms. The van der Waals surface area contributed by atoms with Crippen LogP contribution in [0.25, 0.3) is 0 Å². The molecule has 1 unspecified atom stereocenters. The minimum absolute atomic E-state index is 0.0227. The fourth-order valence-electron chi connectivity index (χ4n) is 1.51. The summed E-state index contributed by atoms with van der Waals surface area (Å²) < 4.78 is 67.0. The Labute approximate surface area is 107 Å². The van der Waals surface area contributed by atoms with Crippen molar-refractivity contribution in [3.8, 4) is 0 Å². The number of alkyl halides is 3.